The molecule has 0 bridgehead atoms. The molecule has 0 amide bonds. The fourth-order valence-corrected chi connectivity index (χ4v) is 1.95. The van der Waals surface area contributed by atoms with Gasteiger partial charge >= 0.3 is 0 Å². The standard InChI is InChI=1S/C13H27NO/c1-12(2,3)14-8-7-11(9-14)10-15-13(4,5)6/h11H,7-10H2,1-6H3. The van der Waals surface area contributed by atoms with Gasteiger partial charge in [-0.3, -0.25) is 4.90 Å². The molecule has 90 valence electrons. The van der Waals surface area contributed by atoms with Gasteiger partial charge in [-0.15, -0.1) is 0 Å². The first-order chi connectivity index (χ1) is 6.68. The molecule has 1 unspecified atom stereocenters. The molecular formula is C13H27NO. The minimum absolute atomic E-state index is 0.00908. The van der Waals surface area contributed by atoms with E-state index in [0.717, 1.165) is 12.5 Å². The van der Waals surface area contributed by atoms with E-state index in [2.05, 4.69) is 46.4 Å². The highest BCUT2D eigenvalue weighted by Gasteiger charge is 2.30. The number of rotatable bonds is 2. The molecule has 2 heteroatoms. The van der Waals surface area contributed by atoms with Crippen LogP contribution in [0.5, 0.6) is 0 Å². The van der Waals surface area contributed by atoms with Crippen molar-refractivity contribution in [1.82, 2.24) is 4.90 Å². The van der Waals surface area contributed by atoms with Gasteiger partial charge < -0.3 is 4.74 Å². The third kappa shape index (κ3) is 4.52. The van der Waals surface area contributed by atoms with Gasteiger partial charge in [-0.05, 0) is 60.4 Å². The van der Waals surface area contributed by atoms with Gasteiger partial charge in [-0.2, -0.15) is 0 Å². The second kappa shape index (κ2) is 4.42. The second-order valence-electron chi connectivity index (χ2n) is 6.69. The smallest absolute Gasteiger partial charge is 0.0598 e. The molecule has 1 saturated heterocycles. The fourth-order valence-electron chi connectivity index (χ4n) is 1.95. The summed E-state index contributed by atoms with van der Waals surface area (Å²) in [5.41, 5.74) is 0.325. The van der Waals surface area contributed by atoms with Crippen molar-refractivity contribution in [2.45, 2.75) is 59.1 Å². The van der Waals surface area contributed by atoms with Crippen molar-refractivity contribution < 1.29 is 4.74 Å². The SMILES string of the molecule is CC(C)(C)OCC1CCN(C(C)(C)C)C1. The lowest BCUT2D eigenvalue weighted by Gasteiger charge is -2.32. The summed E-state index contributed by atoms with van der Waals surface area (Å²) in [4.78, 5) is 2.56. The Morgan fingerprint density at radius 1 is 1.13 bits per heavy atom. The third-order valence-corrected chi connectivity index (χ3v) is 2.99. The van der Waals surface area contributed by atoms with E-state index in [1.165, 1.54) is 19.5 Å². The molecule has 0 saturated carbocycles. The molecule has 1 aliphatic rings. The first kappa shape index (κ1) is 13.0. The normalized spacial score (nSPS) is 24.8. The second-order valence-corrected chi connectivity index (χ2v) is 6.69. The van der Waals surface area contributed by atoms with Gasteiger partial charge in [0, 0.05) is 12.1 Å². The van der Waals surface area contributed by atoms with Crippen LogP contribution < -0.4 is 0 Å². The fraction of sp³-hybridized carbons (Fsp3) is 1.00. The summed E-state index contributed by atoms with van der Waals surface area (Å²) >= 11 is 0. The Hall–Kier alpha value is -0.0800. The van der Waals surface area contributed by atoms with E-state index in [0.29, 0.717) is 5.54 Å². The van der Waals surface area contributed by atoms with Crippen molar-refractivity contribution in [2.24, 2.45) is 5.92 Å². The van der Waals surface area contributed by atoms with Crippen molar-refractivity contribution in [1.29, 1.82) is 0 Å². The minimum Gasteiger partial charge on any atom is -0.376 e. The van der Waals surface area contributed by atoms with Gasteiger partial charge in [-0.1, -0.05) is 0 Å². The summed E-state index contributed by atoms with van der Waals surface area (Å²) < 4.78 is 5.85. The molecule has 0 spiro atoms. The number of likely N-dealkylation sites (tertiary alicyclic amines) is 1. The Kier molecular flexibility index (Phi) is 3.83. The summed E-state index contributed by atoms with van der Waals surface area (Å²) in [6.45, 7) is 16.6. The van der Waals surface area contributed by atoms with Gasteiger partial charge in [0.1, 0.15) is 0 Å². The summed E-state index contributed by atoms with van der Waals surface area (Å²) in [6, 6.07) is 0. The lowest BCUT2D eigenvalue weighted by molar-refractivity contribution is -0.0217. The van der Waals surface area contributed by atoms with E-state index in [1.807, 2.05) is 0 Å². The summed E-state index contributed by atoms with van der Waals surface area (Å²) in [7, 11) is 0. The predicted molar refractivity (Wildman–Crippen MR) is 65.1 cm³/mol. The van der Waals surface area contributed by atoms with E-state index < -0.39 is 0 Å². The van der Waals surface area contributed by atoms with E-state index in [9.17, 15) is 0 Å². The van der Waals surface area contributed by atoms with Gasteiger partial charge in [0.2, 0.25) is 0 Å². The number of hydrogen-bond donors (Lipinski definition) is 0. The summed E-state index contributed by atoms with van der Waals surface area (Å²) in [5, 5.41) is 0. The van der Waals surface area contributed by atoms with E-state index in [-0.39, 0.29) is 5.60 Å². The molecular weight excluding hydrogens is 186 g/mol. The van der Waals surface area contributed by atoms with Crippen LogP contribution in [0, 0.1) is 5.92 Å². The monoisotopic (exact) mass is 213 g/mol. The van der Waals surface area contributed by atoms with Crippen molar-refractivity contribution in [3.05, 3.63) is 0 Å². The zero-order chi connectivity index (χ0) is 11.7. The van der Waals surface area contributed by atoms with Crippen LogP contribution in [0.3, 0.4) is 0 Å². The third-order valence-electron chi connectivity index (χ3n) is 2.99. The molecule has 0 radical (unpaired) electrons. The number of ether oxygens (including phenoxy) is 1. The average molecular weight is 213 g/mol. The molecule has 1 aliphatic heterocycles. The maximum Gasteiger partial charge on any atom is 0.0598 e. The molecule has 0 aliphatic carbocycles. The van der Waals surface area contributed by atoms with Crippen LogP contribution in [0.25, 0.3) is 0 Å². The Labute approximate surface area is 95.0 Å². The van der Waals surface area contributed by atoms with Crippen LogP contribution in [-0.4, -0.2) is 35.7 Å². The Morgan fingerprint density at radius 3 is 2.13 bits per heavy atom. The van der Waals surface area contributed by atoms with Gasteiger partial charge in [-0.25, -0.2) is 0 Å². The van der Waals surface area contributed by atoms with Crippen LogP contribution >= 0.6 is 0 Å². The molecule has 15 heavy (non-hydrogen) atoms. The molecule has 2 nitrogen and oxygen atoms in total. The van der Waals surface area contributed by atoms with Crippen LogP contribution in [0.4, 0.5) is 0 Å². The van der Waals surface area contributed by atoms with E-state index >= 15 is 0 Å². The maximum absolute atomic E-state index is 5.85. The highest BCUT2D eigenvalue weighted by molar-refractivity contribution is 4.84. The zero-order valence-corrected chi connectivity index (χ0v) is 11.3. The quantitative estimate of drug-likeness (QED) is 0.699. The molecule has 1 heterocycles. The van der Waals surface area contributed by atoms with E-state index in [4.69, 9.17) is 4.74 Å². The number of hydrogen-bond acceptors (Lipinski definition) is 2. The van der Waals surface area contributed by atoms with Gasteiger partial charge in [0.15, 0.2) is 0 Å². The molecule has 1 fully saturated rings. The van der Waals surface area contributed by atoms with Crippen LogP contribution in [0.1, 0.15) is 48.0 Å². The molecule has 0 aromatic carbocycles. The van der Waals surface area contributed by atoms with Gasteiger partial charge in [0.05, 0.1) is 12.2 Å². The molecule has 0 N–H and O–H groups in total. The summed E-state index contributed by atoms with van der Waals surface area (Å²) in [5.74, 6) is 0.725. The largest absolute Gasteiger partial charge is 0.376 e. The summed E-state index contributed by atoms with van der Waals surface area (Å²) in [6.07, 6.45) is 1.29. The topological polar surface area (TPSA) is 12.5 Å². The lowest BCUT2D eigenvalue weighted by atomic mass is 10.1. The Morgan fingerprint density at radius 2 is 1.73 bits per heavy atom. The lowest BCUT2D eigenvalue weighted by Crippen LogP contribution is -2.39. The van der Waals surface area contributed by atoms with Crippen LogP contribution in [-0.2, 0) is 4.74 Å². The van der Waals surface area contributed by atoms with Crippen molar-refractivity contribution in [2.75, 3.05) is 19.7 Å². The van der Waals surface area contributed by atoms with Crippen molar-refractivity contribution in [3.63, 3.8) is 0 Å². The van der Waals surface area contributed by atoms with Crippen LogP contribution in [0.15, 0.2) is 0 Å². The highest BCUT2D eigenvalue weighted by Crippen LogP contribution is 2.25. The molecule has 0 aromatic rings. The number of nitrogens with zero attached hydrogens (tertiary/aromatic N) is 1. The minimum atomic E-state index is 0.00908. The molecule has 0 aromatic heterocycles. The molecule has 1 rings (SSSR count). The first-order valence-electron chi connectivity index (χ1n) is 6.07. The Bertz CT molecular complexity index is 200. The van der Waals surface area contributed by atoms with Gasteiger partial charge in [0.25, 0.3) is 0 Å². The maximum atomic E-state index is 5.85. The average Bonchev–Trinajstić information content (AvgIpc) is 2.45. The van der Waals surface area contributed by atoms with Crippen LogP contribution in [0.2, 0.25) is 0 Å². The predicted octanol–water partition coefficient (Wildman–Crippen LogP) is 2.92. The molecule has 1 atom stereocenters. The highest BCUT2D eigenvalue weighted by atomic mass is 16.5. The van der Waals surface area contributed by atoms with Crippen molar-refractivity contribution >= 4 is 0 Å². The van der Waals surface area contributed by atoms with E-state index in [1.54, 1.807) is 0 Å². The van der Waals surface area contributed by atoms with Crippen molar-refractivity contribution in [3.8, 4) is 0 Å². The zero-order valence-electron chi connectivity index (χ0n) is 11.3. The Balaban J connectivity index is 2.31. The first-order valence-corrected chi connectivity index (χ1v) is 6.07.